The maximum Gasteiger partial charge on any atom is 0.282 e. The van der Waals surface area contributed by atoms with Gasteiger partial charge in [0.15, 0.2) is 17.3 Å². The Balaban J connectivity index is 1.71. The number of fused-ring (bicyclic) bond motifs is 2. The van der Waals surface area contributed by atoms with Crippen molar-refractivity contribution in [3.63, 3.8) is 0 Å². The number of ether oxygens (including phenoxy) is 2. The van der Waals surface area contributed by atoms with Crippen molar-refractivity contribution in [3.8, 4) is 23.1 Å². The van der Waals surface area contributed by atoms with Crippen LogP contribution in [0.25, 0.3) is 33.5 Å². The van der Waals surface area contributed by atoms with Gasteiger partial charge in [-0.05, 0) is 81.2 Å². The van der Waals surface area contributed by atoms with E-state index >= 15 is 0 Å². The molecule has 0 aliphatic rings. The molecule has 182 valence electrons. The van der Waals surface area contributed by atoms with E-state index in [1.807, 2.05) is 13.0 Å². The molecule has 0 saturated carbocycles. The van der Waals surface area contributed by atoms with Gasteiger partial charge in [-0.15, -0.1) is 0 Å². The Kier molecular flexibility index (Phi) is 6.87. The number of aromatic nitrogens is 2. The molecule has 10 heteroatoms. The summed E-state index contributed by atoms with van der Waals surface area (Å²) >= 11 is 13.3. The molecule has 36 heavy (non-hydrogen) atoms. The van der Waals surface area contributed by atoms with Crippen LogP contribution < -0.4 is 15.0 Å². The average Bonchev–Trinajstić information content (AvgIpc) is 3.30. The zero-order valence-corrected chi connectivity index (χ0v) is 23.0. The lowest BCUT2D eigenvalue weighted by molar-refractivity contribution is 0.308. The standard InChI is InChI=1S/C26H18Br2ClN3O4/c1-3-35-24-20(34-2)12-15(22(27)23(24)28)13-30-32-25(31-18-7-5-4-6-17(18)26(32)33)21-11-14-10-16(29)8-9-19(14)36-21/h4-13H,3H2,1-2H3. The summed E-state index contributed by atoms with van der Waals surface area (Å²) in [5, 5.41) is 6.33. The van der Waals surface area contributed by atoms with Crippen molar-refractivity contribution in [2.45, 2.75) is 6.92 Å². The molecule has 0 amide bonds. The molecular weight excluding hydrogens is 614 g/mol. The highest BCUT2D eigenvalue weighted by molar-refractivity contribution is 9.13. The van der Waals surface area contributed by atoms with E-state index in [-0.39, 0.29) is 11.4 Å². The first-order chi connectivity index (χ1) is 17.4. The minimum Gasteiger partial charge on any atom is -0.493 e. The van der Waals surface area contributed by atoms with Gasteiger partial charge in [-0.2, -0.15) is 9.78 Å². The fourth-order valence-corrected chi connectivity index (χ4v) is 4.88. The van der Waals surface area contributed by atoms with Crippen LogP contribution in [0.3, 0.4) is 0 Å². The molecule has 3 aromatic carbocycles. The van der Waals surface area contributed by atoms with Crippen molar-refractivity contribution in [1.82, 2.24) is 9.66 Å². The van der Waals surface area contributed by atoms with E-state index in [0.717, 1.165) is 5.39 Å². The van der Waals surface area contributed by atoms with E-state index in [2.05, 4.69) is 37.0 Å². The summed E-state index contributed by atoms with van der Waals surface area (Å²) in [5.74, 6) is 1.73. The Morgan fingerprint density at radius 3 is 2.72 bits per heavy atom. The van der Waals surface area contributed by atoms with E-state index in [1.165, 1.54) is 4.68 Å². The molecule has 0 atom stereocenters. The summed E-state index contributed by atoms with van der Waals surface area (Å²) in [6.45, 7) is 2.36. The second-order valence-electron chi connectivity index (χ2n) is 7.67. The predicted octanol–water partition coefficient (Wildman–Crippen LogP) is 7.28. The molecule has 0 unspecified atom stereocenters. The molecule has 5 rings (SSSR count). The summed E-state index contributed by atoms with van der Waals surface area (Å²) < 4.78 is 19.8. The van der Waals surface area contributed by atoms with Crippen molar-refractivity contribution >= 4 is 71.5 Å². The highest BCUT2D eigenvalue weighted by atomic mass is 79.9. The quantitative estimate of drug-likeness (QED) is 0.184. The third-order valence-corrected chi connectivity index (χ3v) is 7.81. The highest BCUT2D eigenvalue weighted by Crippen LogP contribution is 2.42. The van der Waals surface area contributed by atoms with Crippen molar-refractivity contribution < 1.29 is 13.9 Å². The predicted molar refractivity (Wildman–Crippen MR) is 149 cm³/mol. The SMILES string of the molecule is CCOc1c(OC)cc(C=Nn2c(-c3cc4cc(Cl)ccc4o3)nc3ccccc3c2=O)c(Br)c1Br. The normalized spacial score (nSPS) is 11.6. The van der Waals surface area contributed by atoms with Crippen LogP contribution in [-0.2, 0) is 0 Å². The molecule has 7 nitrogen and oxygen atoms in total. The first-order valence-corrected chi connectivity index (χ1v) is 12.8. The number of para-hydroxylation sites is 1. The molecule has 0 N–H and O–H groups in total. The van der Waals surface area contributed by atoms with Gasteiger partial charge in [0.2, 0.25) is 5.82 Å². The summed E-state index contributed by atoms with van der Waals surface area (Å²) in [5.41, 5.74) is 1.48. The lowest BCUT2D eigenvalue weighted by Gasteiger charge is -2.14. The first kappa shape index (κ1) is 24.5. The van der Waals surface area contributed by atoms with Gasteiger partial charge in [-0.1, -0.05) is 23.7 Å². The Labute approximate surface area is 227 Å². The Hall–Kier alpha value is -3.14. The number of hydrogen-bond acceptors (Lipinski definition) is 6. The number of nitrogens with zero attached hydrogens (tertiary/aromatic N) is 3. The number of halogens is 3. The van der Waals surface area contributed by atoms with E-state index in [0.29, 0.717) is 59.9 Å². The zero-order valence-electron chi connectivity index (χ0n) is 19.1. The number of furan rings is 1. The Morgan fingerprint density at radius 1 is 1.14 bits per heavy atom. The summed E-state index contributed by atoms with van der Waals surface area (Å²) in [6.07, 6.45) is 1.55. The summed E-state index contributed by atoms with van der Waals surface area (Å²) in [7, 11) is 1.56. The van der Waals surface area contributed by atoms with Crippen molar-refractivity contribution in [1.29, 1.82) is 0 Å². The first-order valence-electron chi connectivity index (χ1n) is 10.9. The zero-order chi connectivity index (χ0) is 25.4. The lowest BCUT2D eigenvalue weighted by atomic mass is 10.2. The highest BCUT2D eigenvalue weighted by Gasteiger charge is 2.19. The van der Waals surface area contributed by atoms with Gasteiger partial charge in [-0.3, -0.25) is 4.79 Å². The molecule has 0 radical (unpaired) electrons. The van der Waals surface area contributed by atoms with Crippen LogP contribution in [0.1, 0.15) is 12.5 Å². The number of hydrogen-bond donors (Lipinski definition) is 0. The molecule has 2 heterocycles. The maximum atomic E-state index is 13.5. The van der Waals surface area contributed by atoms with Crippen LogP contribution in [0.4, 0.5) is 0 Å². The van der Waals surface area contributed by atoms with E-state index in [4.69, 9.17) is 30.5 Å². The van der Waals surface area contributed by atoms with Crippen LogP contribution in [-0.4, -0.2) is 29.6 Å². The van der Waals surface area contributed by atoms with Crippen molar-refractivity contribution in [2.75, 3.05) is 13.7 Å². The second kappa shape index (κ2) is 10.1. The van der Waals surface area contributed by atoms with Crippen LogP contribution in [0.2, 0.25) is 5.02 Å². The third kappa shape index (κ3) is 4.42. The third-order valence-electron chi connectivity index (χ3n) is 5.43. The molecule has 5 aromatic rings. The molecule has 0 bridgehead atoms. The molecule has 0 fully saturated rings. The van der Waals surface area contributed by atoms with Gasteiger partial charge in [-0.25, -0.2) is 4.98 Å². The smallest absolute Gasteiger partial charge is 0.282 e. The van der Waals surface area contributed by atoms with E-state index in [1.54, 1.807) is 61.9 Å². The largest absolute Gasteiger partial charge is 0.493 e. The molecule has 0 spiro atoms. The average molecular weight is 632 g/mol. The van der Waals surface area contributed by atoms with Crippen LogP contribution >= 0.6 is 43.5 Å². The van der Waals surface area contributed by atoms with Crippen molar-refractivity contribution in [2.24, 2.45) is 5.10 Å². The second-order valence-corrected chi connectivity index (χ2v) is 9.69. The van der Waals surface area contributed by atoms with Gasteiger partial charge in [0, 0.05) is 20.4 Å². The minimum absolute atomic E-state index is 0.260. The van der Waals surface area contributed by atoms with Crippen LogP contribution in [0.5, 0.6) is 11.5 Å². The summed E-state index contributed by atoms with van der Waals surface area (Å²) in [4.78, 5) is 18.2. The molecule has 0 aliphatic heterocycles. The molecular formula is C26H18Br2ClN3O4. The number of benzene rings is 3. The molecule has 0 saturated heterocycles. The topological polar surface area (TPSA) is 78.8 Å². The van der Waals surface area contributed by atoms with E-state index < -0.39 is 0 Å². The van der Waals surface area contributed by atoms with Crippen LogP contribution in [0, 0.1) is 0 Å². The number of rotatable bonds is 6. The Bertz CT molecular complexity index is 1710. The van der Waals surface area contributed by atoms with Gasteiger partial charge >= 0.3 is 0 Å². The fourth-order valence-electron chi connectivity index (χ4n) is 3.76. The van der Waals surface area contributed by atoms with Crippen molar-refractivity contribution in [3.05, 3.63) is 84.5 Å². The maximum absolute atomic E-state index is 13.5. The lowest BCUT2D eigenvalue weighted by Crippen LogP contribution is -2.20. The summed E-state index contributed by atoms with van der Waals surface area (Å²) in [6, 6.07) is 16.0. The minimum atomic E-state index is -0.335. The van der Waals surface area contributed by atoms with Gasteiger partial charge in [0.1, 0.15) is 5.58 Å². The molecule has 0 aliphatic carbocycles. The van der Waals surface area contributed by atoms with Gasteiger partial charge in [0.05, 0.1) is 35.3 Å². The number of methoxy groups -OCH3 is 1. The van der Waals surface area contributed by atoms with Gasteiger partial charge < -0.3 is 13.9 Å². The Morgan fingerprint density at radius 2 is 1.94 bits per heavy atom. The fraction of sp³-hybridized carbons (Fsp3) is 0.115. The van der Waals surface area contributed by atoms with E-state index in [9.17, 15) is 4.79 Å². The van der Waals surface area contributed by atoms with Gasteiger partial charge in [0.25, 0.3) is 5.56 Å². The molecule has 2 aromatic heterocycles. The van der Waals surface area contributed by atoms with Crippen LogP contribution in [0.15, 0.2) is 77.9 Å². The monoisotopic (exact) mass is 629 g/mol.